The smallest absolute Gasteiger partial charge is 0.191 e. The Morgan fingerprint density at radius 3 is 2.58 bits per heavy atom. The molecule has 144 valence electrons. The van der Waals surface area contributed by atoms with Crippen LogP contribution in [0.1, 0.15) is 37.0 Å². The Kier molecular flexibility index (Phi) is 8.88. The number of guanidine groups is 1. The molecule has 0 amide bonds. The lowest BCUT2D eigenvalue weighted by atomic mass is 9.93. The molecule has 8 heteroatoms. The number of rotatable bonds is 5. The first kappa shape index (κ1) is 22.8. The maximum atomic E-state index is 13.6. The zero-order chi connectivity index (χ0) is 18.4. The zero-order valence-corrected chi connectivity index (χ0v) is 18.5. The van der Waals surface area contributed by atoms with Gasteiger partial charge in [0.1, 0.15) is 16.6 Å². The Morgan fingerprint density at radius 1 is 1.23 bits per heavy atom. The van der Waals surface area contributed by atoms with E-state index in [1.54, 1.807) is 18.4 Å². The van der Waals surface area contributed by atoms with E-state index in [9.17, 15) is 8.78 Å². The van der Waals surface area contributed by atoms with E-state index in [1.165, 1.54) is 6.07 Å². The summed E-state index contributed by atoms with van der Waals surface area (Å²) in [7, 11) is 1.67. The van der Waals surface area contributed by atoms with Crippen LogP contribution in [0, 0.1) is 11.6 Å². The van der Waals surface area contributed by atoms with Crippen LogP contribution in [0.2, 0.25) is 0 Å². The summed E-state index contributed by atoms with van der Waals surface area (Å²) in [5.41, 5.74) is 1.44. The molecule has 2 rings (SSSR count). The number of aliphatic imine (C=N–C) groups is 1. The van der Waals surface area contributed by atoms with Gasteiger partial charge in [-0.25, -0.2) is 13.8 Å². The molecule has 0 aliphatic carbocycles. The summed E-state index contributed by atoms with van der Waals surface area (Å²) in [6.07, 6.45) is 0.371. The van der Waals surface area contributed by atoms with Gasteiger partial charge in [-0.05, 0) is 30.2 Å². The van der Waals surface area contributed by atoms with Gasteiger partial charge in [0.05, 0.1) is 12.2 Å². The average Bonchev–Trinajstić information content (AvgIpc) is 3.03. The third-order valence-corrected chi connectivity index (χ3v) is 4.49. The molecule has 0 aliphatic rings. The van der Waals surface area contributed by atoms with Gasteiger partial charge in [0.25, 0.3) is 0 Å². The molecule has 1 aromatic carbocycles. The van der Waals surface area contributed by atoms with Crippen LogP contribution in [0.3, 0.4) is 0 Å². The minimum atomic E-state index is -0.433. The fourth-order valence-corrected chi connectivity index (χ4v) is 3.13. The Hall–Kier alpha value is -1.29. The summed E-state index contributed by atoms with van der Waals surface area (Å²) >= 11 is 1.61. The molecule has 0 atom stereocenters. The summed E-state index contributed by atoms with van der Waals surface area (Å²) < 4.78 is 26.8. The highest BCUT2D eigenvalue weighted by Crippen LogP contribution is 2.23. The van der Waals surface area contributed by atoms with Crippen molar-refractivity contribution < 1.29 is 8.78 Å². The van der Waals surface area contributed by atoms with E-state index in [-0.39, 0.29) is 29.4 Å². The molecule has 0 aliphatic heterocycles. The minimum absolute atomic E-state index is 0. The van der Waals surface area contributed by atoms with Crippen molar-refractivity contribution in [2.75, 3.05) is 13.6 Å². The third kappa shape index (κ3) is 6.79. The highest BCUT2D eigenvalue weighted by Gasteiger charge is 2.17. The van der Waals surface area contributed by atoms with Gasteiger partial charge >= 0.3 is 0 Å². The highest BCUT2D eigenvalue weighted by molar-refractivity contribution is 14.0. The van der Waals surface area contributed by atoms with E-state index in [0.717, 1.165) is 22.8 Å². The molecule has 1 aromatic heterocycles. The highest BCUT2D eigenvalue weighted by atomic mass is 127. The Labute approximate surface area is 174 Å². The van der Waals surface area contributed by atoms with Crippen LogP contribution in [0.25, 0.3) is 0 Å². The maximum absolute atomic E-state index is 13.6. The quantitative estimate of drug-likeness (QED) is 0.372. The van der Waals surface area contributed by atoms with Crippen molar-refractivity contribution in [2.45, 2.75) is 39.2 Å². The fourth-order valence-electron chi connectivity index (χ4n) is 2.17. The lowest BCUT2D eigenvalue weighted by molar-refractivity contribution is 0.570. The van der Waals surface area contributed by atoms with Crippen molar-refractivity contribution in [3.05, 3.63) is 51.5 Å². The van der Waals surface area contributed by atoms with E-state index in [4.69, 9.17) is 0 Å². The number of benzene rings is 1. The number of halogens is 3. The van der Waals surface area contributed by atoms with Gasteiger partial charge in [-0.2, -0.15) is 0 Å². The monoisotopic (exact) mass is 494 g/mol. The Morgan fingerprint density at radius 2 is 1.96 bits per heavy atom. The zero-order valence-electron chi connectivity index (χ0n) is 15.4. The van der Waals surface area contributed by atoms with Gasteiger partial charge in [0.15, 0.2) is 5.96 Å². The molecule has 1 heterocycles. The summed E-state index contributed by atoms with van der Waals surface area (Å²) in [5.74, 6) is -0.231. The molecule has 0 saturated heterocycles. The van der Waals surface area contributed by atoms with Crippen LogP contribution in [-0.4, -0.2) is 24.5 Å². The first-order valence-electron chi connectivity index (χ1n) is 8.13. The van der Waals surface area contributed by atoms with Gasteiger partial charge in [0, 0.05) is 24.4 Å². The SMILES string of the molecule is CN=C(NCCc1cc(F)ccc1F)NCc1nc(C(C)(C)C)cs1.I. The van der Waals surface area contributed by atoms with Crippen LogP contribution in [-0.2, 0) is 18.4 Å². The fraction of sp³-hybridized carbons (Fsp3) is 0.444. The molecule has 4 nitrogen and oxygen atoms in total. The van der Waals surface area contributed by atoms with Crippen LogP contribution in [0.15, 0.2) is 28.6 Å². The Bertz CT molecular complexity index is 741. The van der Waals surface area contributed by atoms with Crippen LogP contribution in [0.4, 0.5) is 8.78 Å². The minimum Gasteiger partial charge on any atom is -0.356 e. The van der Waals surface area contributed by atoms with Crippen molar-refractivity contribution in [1.82, 2.24) is 15.6 Å². The summed E-state index contributed by atoms with van der Waals surface area (Å²) in [5, 5.41) is 9.33. The van der Waals surface area contributed by atoms with Crippen LogP contribution >= 0.6 is 35.3 Å². The maximum Gasteiger partial charge on any atom is 0.191 e. The molecular weight excluding hydrogens is 469 g/mol. The number of nitrogens with zero attached hydrogens (tertiary/aromatic N) is 2. The number of nitrogens with one attached hydrogen (secondary N) is 2. The molecular formula is C18H25F2IN4S. The first-order chi connectivity index (χ1) is 11.8. The van der Waals surface area contributed by atoms with Crippen LogP contribution in [0.5, 0.6) is 0 Å². The third-order valence-electron chi connectivity index (χ3n) is 3.65. The van der Waals surface area contributed by atoms with Crippen molar-refractivity contribution in [3.63, 3.8) is 0 Å². The van der Waals surface area contributed by atoms with Crippen molar-refractivity contribution in [2.24, 2.45) is 4.99 Å². The van der Waals surface area contributed by atoms with Crippen LogP contribution < -0.4 is 10.6 Å². The lowest BCUT2D eigenvalue weighted by Crippen LogP contribution is -2.38. The molecule has 0 unspecified atom stereocenters. The topological polar surface area (TPSA) is 49.3 Å². The van der Waals surface area contributed by atoms with E-state index >= 15 is 0 Å². The van der Waals surface area contributed by atoms with Gasteiger partial charge in [-0.1, -0.05) is 20.8 Å². The van der Waals surface area contributed by atoms with Crippen molar-refractivity contribution >= 4 is 41.3 Å². The van der Waals surface area contributed by atoms with E-state index < -0.39 is 11.6 Å². The number of hydrogen-bond donors (Lipinski definition) is 2. The molecule has 0 fully saturated rings. The van der Waals surface area contributed by atoms with Crippen molar-refractivity contribution in [3.8, 4) is 0 Å². The second-order valence-electron chi connectivity index (χ2n) is 6.71. The summed E-state index contributed by atoms with van der Waals surface area (Å²) in [6.45, 7) is 7.40. The van der Waals surface area contributed by atoms with Crippen molar-refractivity contribution in [1.29, 1.82) is 0 Å². The van der Waals surface area contributed by atoms with E-state index in [1.807, 2.05) is 0 Å². The lowest BCUT2D eigenvalue weighted by Gasteiger charge is -2.14. The predicted molar refractivity (Wildman–Crippen MR) is 114 cm³/mol. The molecule has 0 spiro atoms. The molecule has 2 aromatic rings. The van der Waals surface area contributed by atoms with E-state index in [2.05, 4.69) is 46.8 Å². The van der Waals surface area contributed by atoms with Gasteiger partial charge < -0.3 is 10.6 Å². The molecule has 26 heavy (non-hydrogen) atoms. The van der Waals surface area contributed by atoms with Gasteiger partial charge in [0.2, 0.25) is 0 Å². The standard InChI is InChI=1S/C18H24F2N4S.HI/c1-18(2,3)15-11-25-16(24-15)10-23-17(21-4)22-8-7-12-9-13(19)5-6-14(12)20;/h5-6,9,11H,7-8,10H2,1-4H3,(H2,21,22,23);1H. The summed E-state index contributed by atoms with van der Waals surface area (Å²) in [4.78, 5) is 8.75. The van der Waals surface area contributed by atoms with E-state index in [0.29, 0.717) is 31.0 Å². The second-order valence-corrected chi connectivity index (χ2v) is 7.66. The number of hydrogen-bond acceptors (Lipinski definition) is 3. The Balaban J connectivity index is 0.00000338. The molecule has 2 N–H and O–H groups in total. The number of thiazole rings is 1. The van der Waals surface area contributed by atoms with Gasteiger partial charge in [-0.3, -0.25) is 4.99 Å². The first-order valence-corrected chi connectivity index (χ1v) is 9.01. The molecule has 0 saturated carbocycles. The normalized spacial score (nSPS) is 11.8. The largest absolute Gasteiger partial charge is 0.356 e. The predicted octanol–water partition coefficient (Wildman–Crippen LogP) is 4.24. The second kappa shape index (κ2) is 10.1. The number of aromatic nitrogens is 1. The molecule has 0 radical (unpaired) electrons. The average molecular weight is 494 g/mol. The molecule has 0 bridgehead atoms. The van der Waals surface area contributed by atoms with Gasteiger partial charge in [-0.15, -0.1) is 35.3 Å². The summed E-state index contributed by atoms with van der Waals surface area (Å²) in [6, 6.07) is 3.48.